The smallest absolute Gasteiger partial charge is 0.209 e. The van der Waals surface area contributed by atoms with Crippen LogP contribution in [0.4, 0.5) is 0 Å². The Morgan fingerprint density at radius 2 is 1.08 bits per heavy atom. The summed E-state index contributed by atoms with van der Waals surface area (Å²) in [6.45, 7) is 0. The third kappa shape index (κ3) is 3.77. The molecule has 0 aliphatic carbocycles. The van der Waals surface area contributed by atoms with Crippen molar-refractivity contribution >= 4 is 35.3 Å². The fourth-order valence-corrected chi connectivity index (χ4v) is 3.41. The van der Waals surface area contributed by atoms with E-state index in [4.69, 9.17) is 4.98 Å². The van der Waals surface area contributed by atoms with Crippen LogP contribution in [-0.2, 0) is 0 Å². The lowest BCUT2D eigenvalue weighted by molar-refractivity contribution is 0.852. The number of benzene rings is 2. The average molecular weight is 372 g/mol. The Kier molecular flexibility index (Phi) is 5.81. The topological polar surface area (TPSA) is 38.7 Å². The molecule has 1 aromatic heterocycles. The lowest BCUT2D eigenvalue weighted by atomic mass is 10.0. The van der Waals surface area contributed by atoms with Gasteiger partial charge in [0, 0.05) is 20.9 Å². The Morgan fingerprint density at radius 1 is 0.583 bits per heavy atom. The summed E-state index contributed by atoms with van der Waals surface area (Å²) in [5.41, 5.74) is 3.78. The summed E-state index contributed by atoms with van der Waals surface area (Å²) in [5, 5.41) is 9.36. The van der Waals surface area contributed by atoms with Gasteiger partial charge >= 0.3 is 0 Å². The Hall–Kier alpha value is -1.50. The van der Waals surface area contributed by atoms with Gasteiger partial charge in [0.15, 0.2) is 0 Å². The number of rotatable bonds is 5. The molecule has 0 aliphatic heterocycles. The molecular weight excluding hydrogens is 354 g/mol. The number of hydrogen-bond acceptors (Lipinski definition) is 6. The molecular formula is C18H17N3S3. The highest BCUT2D eigenvalue weighted by Gasteiger charge is 2.13. The minimum absolute atomic E-state index is 0.684. The Labute approximate surface area is 155 Å². The number of thioether (sulfide) groups is 3. The van der Waals surface area contributed by atoms with Gasteiger partial charge in [0.25, 0.3) is 0 Å². The molecule has 24 heavy (non-hydrogen) atoms. The average Bonchev–Trinajstić information content (AvgIpc) is 2.67. The first-order valence-electron chi connectivity index (χ1n) is 7.32. The van der Waals surface area contributed by atoms with E-state index in [0.29, 0.717) is 5.16 Å². The van der Waals surface area contributed by atoms with E-state index < -0.39 is 0 Å². The highest BCUT2D eigenvalue weighted by Crippen LogP contribution is 2.31. The molecule has 6 heteroatoms. The summed E-state index contributed by atoms with van der Waals surface area (Å²) in [5.74, 6) is 0. The first kappa shape index (κ1) is 17.3. The molecule has 1 heterocycles. The van der Waals surface area contributed by atoms with E-state index in [9.17, 15) is 0 Å². The lowest BCUT2D eigenvalue weighted by Gasteiger charge is -2.09. The molecule has 3 aromatic rings. The van der Waals surface area contributed by atoms with Crippen LogP contribution in [0.2, 0.25) is 0 Å². The van der Waals surface area contributed by atoms with Crippen LogP contribution in [0.1, 0.15) is 0 Å². The van der Waals surface area contributed by atoms with Crippen LogP contribution in [-0.4, -0.2) is 33.9 Å². The molecule has 0 atom stereocenters. The fourth-order valence-electron chi connectivity index (χ4n) is 2.29. The zero-order valence-electron chi connectivity index (χ0n) is 13.7. The zero-order valence-corrected chi connectivity index (χ0v) is 16.1. The molecule has 0 spiro atoms. The number of hydrogen-bond donors (Lipinski definition) is 0. The van der Waals surface area contributed by atoms with E-state index in [0.717, 1.165) is 22.5 Å². The van der Waals surface area contributed by atoms with E-state index in [1.807, 2.05) is 6.26 Å². The van der Waals surface area contributed by atoms with Crippen molar-refractivity contribution in [2.24, 2.45) is 0 Å². The maximum atomic E-state index is 4.71. The van der Waals surface area contributed by atoms with Crippen LogP contribution in [0.25, 0.3) is 22.5 Å². The highest BCUT2D eigenvalue weighted by atomic mass is 32.2. The molecule has 0 saturated heterocycles. The normalized spacial score (nSPS) is 10.8. The summed E-state index contributed by atoms with van der Waals surface area (Å²) in [6, 6.07) is 16.8. The van der Waals surface area contributed by atoms with Crippen molar-refractivity contribution in [3.05, 3.63) is 48.5 Å². The second kappa shape index (κ2) is 8.05. The van der Waals surface area contributed by atoms with Gasteiger partial charge in [-0.15, -0.1) is 33.7 Å². The van der Waals surface area contributed by atoms with Gasteiger partial charge in [0.1, 0.15) is 11.4 Å². The third-order valence-electron chi connectivity index (χ3n) is 3.58. The SMILES string of the molecule is CSc1ccc(-c2nnc(SC)nc2-c2ccc(SC)cc2)cc1. The predicted molar refractivity (Wildman–Crippen MR) is 106 cm³/mol. The van der Waals surface area contributed by atoms with Crippen LogP contribution in [0, 0.1) is 0 Å². The van der Waals surface area contributed by atoms with Crippen molar-refractivity contribution in [3.8, 4) is 22.5 Å². The van der Waals surface area contributed by atoms with Crippen molar-refractivity contribution in [2.75, 3.05) is 18.8 Å². The summed E-state index contributed by atoms with van der Waals surface area (Å²) in [6.07, 6.45) is 6.11. The van der Waals surface area contributed by atoms with Crippen molar-refractivity contribution in [2.45, 2.75) is 14.9 Å². The molecule has 0 radical (unpaired) electrons. The maximum absolute atomic E-state index is 4.71. The molecule has 0 bridgehead atoms. The summed E-state index contributed by atoms with van der Waals surface area (Å²) in [7, 11) is 0. The summed E-state index contributed by atoms with van der Waals surface area (Å²) < 4.78 is 0. The maximum Gasteiger partial charge on any atom is 0.209 e. The van der Waals surface area contributed by atoms with E-state index in [1.165, 1.54) is 21.6 Å². The predicted octanol–water partition coefficient (Wildman–Crippen LogP) is 5.37. The summed E-state index contributed by atoms with van der Waals surface area (Å²) in [4.78, 5) is 7.17. The van der Waals surface area contributed by atoms with Crippen LogP contribution in [0.15, 0.2) is 63.5 Å². The standard InChI is InChI=1S/C18H17N3S3/c1-22-14-8-4-12(5-9-14)16-17(20-21-18(19-16)24-3)13-6-10-15(23-2)11-7-13/h4-11H,1-3H3. The van der Waals surface area contributed by atoms with Crippen molar-refractivity contribution in [1.29, 1.82) is 0 Å². The van der Waals surface area contributed by atoms with E-state index in [-0.39, 0.29) is 0 Å². The zero-order chi connectivity index (χ0) is 16.9. The number of aromatic nitrogens is 3. The van der Waals surface area contributed by atoms with Gasteiger partial charge in [-0.25, -0.2) is 4.98 Å². The second-order valence-electron chi connectivity index (χ2n) is 4.95. The Balaban J connectivity index is 2.10. The lowest BCUT2D eigenvalue weighted by Crippen LogP contribution is -1.98. The van der Waals surface area contributed by atoms with Crippen LogP contribution in [0.3, 0.4) is 0 Å². The molecule has 3 rings (SSSR count). The van der Waals surface area contributed by atoms with E-state index in [2.05, 4.69) is 71.2 Å². The van der Waals surface area contributed by atoms with Gasteiger partial charge in [-0.3, -0.25) is 0 Å². The van der Waals surface area contributed by atoms with Crippen LogP contribution < -0.4 is 0 Å². The van der Waals surface area contributed by atoms with Crippen molar-refractivity contribution < 1.29 is 0 Å². The summed E-state index contributed by atoms with van der Waals surface area (Å²) >= 11 is 4.96. The molecule has 0 amide bonds. The molecule has 122 valence electrons. The van der Waals surface area contributed by atoms with Crippen LogP contribution in [0.5, 0.6) is 0 Å². The Bertz CT molecular complexity index is 818. The monoisotopic (exact) mass is 371 g/mol. The molecule has 0 N–H and O–H groups in total. The highest BCUT2D eigenvalue weighted by molar-refractivity contribution is 7.99. The molecule has 0 unspecified atom stereocenters. The largest absolute Gasteiger partial charge is 0.219 e. The van der Waals surface area contributed by atoms with E-state index in [1.54, 1.807) is 23.5 Å². The van der Waals surface area contributed by atoms with Gasteiger partial charge in [-0.2, -0.15) is 0 Å². The van der Waals surface area contributed by atoms with Gasteiger partial charge in [-0.05, 0) is 43.0 Å². The number of nitrogens with zero attached hydrogens (tertiary/aromatic N) is 3. The van der Waals surface area contributed by atoms with Gasteiger partial charge in [-0.1, -0.05) is 36.0 Å². The minimum atomic E-state index is 0.684. The molecule has 0 aliphatic rings. The molecule has 3 nitrogen and oxygen atoms in total. The molecule has 2 aromatic carbocycles. The van der Waals surface area contributed by atoms with Gasteiger partial charge < -0.3 is 0 Å². The molecule has 0 fully saturated rings. The third-order valence-corrected chi connectivity index (χ3v) is 5.60. The Morgan fingerprint density at radius 3 is 1.54 bits per heavy atom. The second-order valence-corrected chi connectivity index (χ2v) is 7.49. The molecule has 0 saturated carbocycles. The van der Waals surface area contributed by atoms with Gasteiger partial charge in [0.05, 0.1) is 0 Å². The van der Waals surface area contributed by atoms with Crippen molar-refractivity contribution in [1.82, 2.24) is 15.2 Å². The van der Waals surface area contributed by atoms with Gasteiger partial charge in [0.2, 0.25) is 5.16 Å². The first-order valence-corrected chi connectivity index (χ1v) is 11.0. The van der Waals surface area contributed by atoms with E-state index >= 15 is 0 Å². The first-order chi connectivity index (χ1) is 11.7. The van der Waals surface area contributed by atoms with Crippen LogP contribution >= 0.6 is 35.3 Å². The van der Waals surface area contributed by atoms with Crippen molar-refractivity contribution in [3.63, 3.8) is 0 Å². The minimum Gasteiger partial charge on any atom is -0.219 e. The quantitative estimate of drug-likeness (QED) is 0.561. The fraction of sp³-hybridized carbons (Fsp3) is 0.167.